The van der Waals surface area contributed by atoms with Crippen LogP contribution in [0, 0.1) is 32.6 Å². The molecule has 0 spiro atoms. The smallest absolute Gasteiger partial charge is 0.167 e. The first-order chi connectivity index (χ1) is 12.4. The molecule has 2 nitrogen and oxygen atoms in total. The second-order valence-corrected chi connectivity index (χ2v) is 8.17. The molecule has 2 aromatic carbocycles. The molecule has 1 N–H and O–H groups in total. The summed E-state index contributed by atoms with van der Waals surface area (Å²) in [7, 11) is 0. The Kier molecular flexibility index (Phi) is 3.97. The van der Waals surface area contributed by atoms with E-state index in [4.69, 9.17) is 4.74 Å². The van der Waals surface area contributed by atoms with Gasteiger partial charge in [-0.1, -0.05) is 30.0 Å². The van der Waals surface area contributed by atoms with Crippen LogP contribution in [0.15, 0.2) is 29.6 Å². The lowest BCUT2D eigenvalue weighted by atomic mass is 9.87. The summed E-state index contributed by atoms with van der Waals surface area (Å²) in [4.78, 5) is 0. The van der Waals surface area contributed by atoms with E-state index in [-0.39, 0.29) is 0 Å². The molecule has 3 aromatic rings. The molecule has 3 heteroatoms. The highest BCUT2D eigenvalue weighted by Gasteiger charge is 2.33. The number of hydrogen-bond acceptors (Lipinski definition) is 3. The number of thiophene rings is 1. The molecule has 1 aliphatic rings. The van der Waals surface area contributed by atoms with Gasteiger partial charge < -0.3 is 9.84 Å². The van der Waals surface area contributed by atoms with Crippen molar-refractivity contribution in [2.45, 2.75) is 46.1 Å². The Balaban J connectivity index is 1.73. The Labute approximate surface area is 158 Å². The number of hydrogen-bond donors (Lipinski definition) is 1. The number of benzene rings is 2. The number of aromatic hydroxyl groups is 1. The molecule has 0 amide bonds. The van der Waals surface area contributed by atoms with E-state index in [9.17, 15) is 5.11 Å². The van der Waals surface area contributed by atoms with Gasteiger partial charge in [-0.2, -0.15) is 0 Å². The zero-order chi connectivity index (χ0) is 18.5. The summed E-state index contributed by atoms with van der Waals surface area (Å²) in [5.41, 5.74) is 4.50. The minimum atomic E-state index is -0.517. The van der Waals surface area contributed by atoms with Gasteiger partial charge in [0.05, 0.1) is 0 Å². The fraction of sp³-hybridized carbons (Fsp3) is 0.304. The van der Waals surface area contributed by atoms with Crippen LogP contribution in [0.5, 0.6) is 11.5 Å². The van der Waals surface area contributed by atoms with Gasteiger partial charge in [0.25, 0.3) is 0 Å². The number of phenols is 1. The topological polar surface area (TPSA) is 29.5 Å². The summed E-state index contributed by atoms with van der Waals surface area (Å²) in [5, 5.41) is 13.6. The predicted octanol–water partition coefficient (Wildman–Crippen LogP) is 5.67. The molecule has 0 aliphatic carbocycles. The van der Waals surface area contributed by atoms with E-state index in [2.05, 4.69) is 48.4 Å². The van der Waals surface area contributed by atoms with Crippen molar-refractivity contribution < 1.29 is 9.84 Å². The maximum Gasteiger partial charge on any atom is 0.167 e. The maximum absolute atomic E-state index is 10.3. The zero-order valence-corrected chi connectivity index (χ0v) is 16.4. The lowest BCUT2D eigenvalue weighted by Gasteiger charge is -2.34. The van der Waals surface area contributed by atoms with Crippen molar-refractivity contribution in [3.8, 4) is 23.3 Å². The van der Waals surface area contributed by atoms with Crippen LogP contribution in [0.1, 0.15) is 41.2 Å². The van der Waals surface area contributed by atoms with Gasteiger partial charge in [-0.05, 0) is 56.9 Å². The fourth-order valence-electron chi connectivity index (χ4n) is 3.61. The highest BCUT2D eigenvalue weighted by molar-refractivity contribution is 7.17. The molecular formula is C23H22O2S. The fourth-order valence-corrected chi connectivity index (χ4v) is 4.50. The van der Waals surface area contributed by atoms with Crippen LogP contribution in [0.4, 0.5) is 0 Å². The molecule has 0 unspecified atom stereocenters. The van der Waals surface area contributed by atoms with E-state index < -0.39 is 5.60 Å². The van der Waals surface area contributed by atoms with Crippen LogP contribution in [-0.4, -0.2) is 10.7 Å². The van der Waals surface area contributed by atoms with E-state index in [0.29, 0.717) is 5.75 Å². The maximum atomic E-state index is 10.3. The molecule has 0 radical (unpaired) electrons. The Morgan fingerprint density at radius 2 is 1.88 bits per heavy atom. The Morgan fingerprint density at radius 1 is 1.12 bits per heavy atom. The van der Waals surface area contributed by atoms with Gasteiger partial charge in [-0.3, -0.25) is 0 Å². The summed E-state index contributed by atoms with van der Waals surface area (Å²) in [5.74, 6) is 8.03. The SMILES string of the molecule is Cc1c(C)c2c(c(C)c1O)CC[C@](C)(C#Cc1csc3ccccc13)O2. The van der Waals surface area contributed by atoms with Crippen LogP contribution < -0.4 is 4.74 Å². The van der Waals surface area contributed by atoms with Gasteiger partial charge in [-0.25, -0.2) is 0 Å². The van der Waals surface area contributed by atoms with Crippen molar-refractivity contribution >= 4 is 21.4 Å². The number of rotatable bonds is 0. The zero-order valence-electron chi connectivity index (χ0n) is 15.6. The third-order valence-electron chi connectivity index (χ3n) is 5.46. The second kappa shape index (κ2) is 6.07. The van der Waals surface area contributed by atoms with Crippen molar-refractivity contribution in [2.75, 3.05) is 0 Å². The third-order valence-corrected chi connectivity index (χ3v) is 6.43. The van der Waals surface area contributed by atoms with Gasteiger partial charge in [0.1, 0.15) is 11.5 Å². The van der Waals surface area contributed by atoms with Gasteiger partial charge in [0.2, 0.25) is 0 Å². The Morgan fingerprint density at radius 3 is 2.69 bits per heavy atom. The van der Waals surface area contributed by atoms with Crippen molar-refractivity contribution in [3.05, 3.63) is 57.5 Å². The van der Waals surface area contributed by atoms with Crippen LogP contribution >= 0.6 is 11.3 Å². The molecule has 0 bridgehead atoms. The van der Waals surface area contributed by atoms with Crippen LogP contribution in [-0.2, 0) is 6.42 Å². The van der Waals surface area contributed by atoms with Crippen molar-refractivity contribution in [2.24, 2.45) is 0 Å². The van der Waals surface area contributed by atoms with E-state index >= 15 is 0 Å². The lowest BCUT2D eigenvalue weighted by Crippen LogP contribution is -2.35. The Hall–Kier alpha value is -2.44. The molecule has 0 saturated heterocycles. The molecule has 1 aromatic heterocycles. The first kappa shape index (κ1) is 17.0. The summed E-state index contributed by atoms with van der Waals surface area (Å²) in [6, 6.07) is 8.36. The van der Waals surface area contributed by atoms with Crippen molar-refractivity contribution in [1.82, 2.24) is 0 Å². The van der Waals surface area contributed by atoms with Crippen LogP contribution in [0.2, 0.25) is 0 Å². The summed E-state index contributed by atoms with van der Waals surface area (Å²) in [6.07, 6.45) is 1.68. The first-order valence-corrected chi connectivity index (χ1v) is 9.77. The summed E-state index contributed by atoms with van der Waals surface area (Å²) < 4.78 is 7.65. The van der Waals surface area contributed by atoms with E-state index in [0.717, 1.165) is 46.4 Å². The van der Waals surface area contributed by atoms with Gasteiger partial charge in [0.15, 0.2) is 5.60 Å². The minimum Gasteiger partial charge on any atom is -0.507 e. The standard InChI is InChI=1S/C23H22O2S/c1-14-15(2)22-18(16(3)21(14)24)10-12-23(4,25-22)11-9-17-13-26-20-8-6-5-7-19(17)20/h5-8,13,24H,10,12H2,1-4H3/t23-/m0/s1. The van der Waals surface area contributed by atoms with E-state index in [1.54, 1.807) is 11.3 Å². The molecule has 1 atom stereocenters. The monoisotopic (exact) mass is 362 g/mol. The number of ether oxygens (including phenoxy) is 1. The highest BCUT2D eigenvalue weighted by atomic mass is 32.1. The molecule has 2 heterocycles. The minimum absolute atomic E-state index is 0.393. The normalized spacial score (nSPS) is 18.8. The lowest BCUT2D eigenvalue weighted by molar-refractivity contribution is 0.122. The highest BCUT2D eigenvalue weighted by Crippen LogP contribution is 2.43. The average molecular weight is 362 g/mol. The quantitative estimate of drug-likeness (QED) is 0.522. The van der Waals surface area contributed by atoms with Crippen molar-refractivity contribution in [3.63, 3.8) is 0 Å². The predicted molar refractivity (Wildman–Crippen MR) is 108 cm³/mol. The molecule has 26 heavy (non-hydrogen) atoms. The Bertz CT molecular complexity index is 1080. The van der Waals surface area contributed by atoms with E-state index in [1.807, 2.05) is 20.8 Å². The van der Waals surface area contributed by atoms with Crippen molar-refractivity contribution in [1.29, 1.82) is 0 Å². The molecular weight excluding hydrogens is 340 g/mol. The van der Waals surface area contributed by atoms with Gasteiger partial charge in [0, 0.05) is 33.0 Å². The van der Waals surface area contributed by atoms with Gasteiger partial charge in [-0.15, -0.1) is 11.3 Å². The second-order valence-electron chi connectivity index (χ2n) is 7.26. The number of phenolic OH excluding ortho intramolecular Hbond substituents is 1. The molecule has 132 valence electrons. The van der Waals surface area contributed by atoms with Crippen LogP contribution in [0.25, 0.3) is 10.1 Å². The molecule has 0 fully saturated rings. The van der Waals surface area contributed by atoms with E-state index in [1.165, 1.54) is 10.1 Å². The summed E-state index contributed by atoms with van der Waals surface area (Å²) in [6.45, 7) is 7.99. The molecule has 4 rings (SSSR count). The molecule has 0 saturated carbocycles. The first-order valence-electron chi connectivity index (χ1n) is 8.89. The van der Waals surface area contributed by atoms with Crippen LogP contribution in [0.3, 0.4) is 0 Å². The average Bonchev–Trinajstić information content (AvgIpc) is 3.06. The summed E-state index contributed by atoms with van der Waals surface area (Å²) >= 11 is 1.72. The van der Waals surface area contributed by atoms with Gasteiger partial charge >= 0.3 is 0 Å². The third kappa shape index (κ3) is 2.66. The number of fused-ring (bicyclic) bond motifs is 2. The molecule has 1 aliphatic heterocycles. The largest absolute Gasteiger partial charge is 0.507 e.